The normalized spacial score (nSPS) is 15.4. The second kappa shape index (κ2) is 5.58. The molecule has 2 aromatic carbocycles. The molecule has 1 aliphatic carbocycles. The Balaban J connectivity index is 1.65. The van der Waals surface area contributed by atoms with Crippen LogP contribution in [0, 0.1) is 13.8 Å². The summed E-state index contributed by atoms with van der Waals surface area (Å²) in [6.07, 6.45) is 1.19. The minimum atomic E-state index is -0.876. The predicted molar refractivity (Wildman–Crippen MR) is 87.0 cm³/mol. The fourth-order valence-electron chi connectivity index (χ4n) is 3.03. The minimum Gasteiger partial charge on any atom is -0.387 e. The van der Waals surface area contributed by atoms with Gasteiger partial charge in [-0.05, 0) is 48.2 Å². The molecule has 114 valence electrons. The van der Waals surface area contributed by atoms with Crippen LogP contribution >= 0.6 is 0 Å². The quantitative estimate of drug-likeness (QED) is 0.914. The average molecular weight is 295 g/mol. The third-order valence-corrected chi connectivity index (χ3v) is 4.50. The molecule has 0 atom stereocenters. The molecular formula is C19H21NO2. The second-order valence-electron chi connectivity index (χ2n) is 6.33. The molecule has 2 aromatic rings. The van der Waals surface area contributed by atoms with Crippen LogP contribution < -0.4 is 5.32 Å². The third-order valence-electron chi connectivity index (χ3n) is 4.50. The lowest BCUT2D eigenvalue weighted by Gasteiger charge is -2.22. The van der Waals surface area contributed by atoms with Crippen molar-refractivity contribution in [2.75, 3.05) is 6.54 Å². The van der Waals surface area contributed by atoms with Gasteiger partial charge in [-0.3, -0.25) is 4.79 Å². The van der Waals surface area contributed by atoms with E-state index in [2.05, 4.69) is 5.32 Å². The zero-order chi connectivity index (χ0) is 15.7. The Hall–Kier alpha value is -2.13. The molecule has 0 aliphatic heterocycles. The molecule has 0 spiro atoms. The average Bonchev–Trinajstić information content (AvgIpc) is 2.84. The minimum absolute atomic E-state index is 0.132. The third kappa shape index (κ3) is 2.90. The largest absolute Gasteiger partial charge is 0.387 e. The molecular weight excluding hydrogens is 274 g/mol. The molecule has 1 amide bonds. The number of carbonyl (C=O) groups is 1. The van der Waals surface area contributed by atoms with Gasteiger partial charge < -0.3 is 10.4 Å². The zero-order valence-electron chi connectivity index (χ0n) is 13.0. The van der Waals surface area contributed by atoms with E-state index in [9.17, 15) is 9.90 Å². The number of hydrogen-bond acceptors (Lipinski definition) is 2. The molecule has 0 heterocycles. The molecule has 3 heteroatoms. The summed E-state index contributed by atoms with van der Waals surface area (Å²) in [4.78, 5) is 12.3. The van der Waals surface area contributed by atoms with E-state index in [1.54, 1.807) is 0 Å². The van der Waals surface area contributed by atoms with Crippen molar-refractivity contribution in [2.24, 2.45) is 0 Å². The maximum atomic E-state index is 12.3. The highest BCUT2D eigenvalue weighted by atomic mass is 16.3. The van der Waals surface area contributed by atoms with Crippen molar-refractivity contribution in [1.29, 1.82) is 0 Å². The number of rotatable bonds is 3. The van der Waals surface area contributed by atoms with Gasteiger partial charge in [-0.25, -0.2) is 0 Å². The van der Waals surface area contributed by atoms with Crippen LogP contribution in [-0.2, 0) is 12.8 Å². The Morgan fingerprint density at radius 2 is 1.73 bits per heavy atom. The van der Waals surface area contributed by atoms with E-state index in [-0.39, 0.29) is 12.5 Å². The Labute approximate surface area is 131 Å². The van der Waals surface area contributed by atoms with Crippen molar-refractivity contribution in [2.45, 2.75) is 32.3 Å². The first-order valence-corrected chi connectivity index (χ1v) is 7.61. The van der Waals surface area contributed by atoms with Gasteiger partial charge in [0.15, 0.2) is 0 Å². The smallest absolute Gasteiger partial charge is 0.251 e. The van der Waals surface area contributed by atoms with Gasteiger partial charge >= 0.3 is 0 Å². The Morgan fingerprint density at radius 3 is 2.32 bits per heavy atom. The van der Waals surface area contributed by atoms with Crippen LogP contribution in [0.15, 0.2) is 42.5 Å². The van der Waals surface area contributed by atoms with Crippen molar-refractivity contribution < 1.29 is 9.90 Å². The summed E-state index contributed by atoms with van der Waals surface area (Å²) < 4.78 is 0. The first-order chi connectivity index (χ1) is 10.5. The van der Waals surface area contributed by atoms with Gasteiger partial charge in [0.25, 0.3) is 5.91 Å². The van der Waals surface area contributed by atoms with E-state index < -0.39 is 5.60 Å². The van der Waals surface area contributed by atoms with Gasteiger partial charge in [0.1, 0.15) is 0 Å². The van der Waals surface area contributed by atoms with Gasteiger partial charge in [-0.1, -0.05) is 30.3 Å². The molecule has 22 heavy (non-hydrogen) atoms. The molecule has 0 bridgehead atoms. The zero-order valence-corrected chi connectivity index (χ0v) is 13.0. The Morgan fingerprint density at radius 1 is 1.09 bits per heavy atom. The Kier molecular flexibility index (Phi) is 3.75. The summed E-state index contributed by atoms with van der Waals surface area (Å²) >= 11 is 0. The van der Waals surface area contributed by atoms with Crippen molar-refractivity contribution in [1.82, 2.24) is 5.32 Å². The van der Waals surface area contributed by atoms with E-state index >= 15 is 0 Å². The van der Waals surface area contributed by atoms with Crippen LogP contribution in [0.2, 0.25) is 0 Å². The van der Waals surface area contributed by atoms with E-state index in [1.165, 1.54) is 16.7 Å². The van der Waals surface area contributed by atoms with Gasteiger partial charge in [-0.15, -0.1) is 0 Å². The molecule has 0 saturated carbocycles. The molecule has 0 fully saturated rings. The highest BCUT2D eigenvalue weighted by Gasteiger charge is 2.35. The van der Waals surface area contributed by atoms with Crippen molar-refractivity contribution in [3.63, 3.8) is 0 Å². The first kappa shape index (κ1) is 14.8. The van der Waals surface area contributed by atoms with Crippen molar-refractivity contribution in [3.8, 4) is 0 Å². The van der Waals surface area contributed by atoms with Crippen LogP contribution in [-0.4, -0.2) is 23.2 Å². The topological polar surface area (TPSA) is 49.3 Å². The van der Waals surface area contributed by atoms with Gasteiger partial charge in [0.2, 0.25) is 0 Å². The van der Waals surface area contributed by atoms with Crippen LogP contribution in [0.3, 0.4) is 0 Å². The summed E-state index contributed by atoms with van der Waals surface area (Å²) in [7, 11) is 0. The fourth-order valence-corrected chi connectivity index (χ4v) is 3.03. The molecule has 3 nitrogen and oxygen atoms in total. The van der Waals surface area contributed by atoms with Gasteiger partial charge in [0, 0.05) is 24.9 Å². The summed E-state index contributed by atoms with van der Waals surface area (Å²) in [5, 5.41) is 13.6. The summed E-state index contributed by atoms with van der Waals surface area (Å²) in [5.41, 5.74) is 4.37. The highest BCUT2D eigenvalue weighted by molar-refractivity contribution is 5.94. The fraction of sp³-hybridized carbons (Fsp3) is 0.316. The lowest BCUT2D eigenvalue weighted by molar-refractivity contribution is 0.0480. The molecule has 0 saturated heterocycles. The molecule has 2 N–H and O–H groups in total. The van der Waals surface area contributed by atoms with Crippen molar-refractivity contribution >= 4 is 5.91 Å². The van der Waals surface area contributed by atoms with Crippen LogP contribution in [0.5, 0.6) is 0 Å². The highest BCUT2D eigenvalue weighted by Crippen LogP contribution is 2.29. The van der Waals surface area contributed by atoms with E-state index in [0.29, 0.717) is 18.4 Å². The van der Waals surface area contributed by atoms with Crippen LogP contribution in [0.4, 0.5) is 0 Å². The number of aliphatic hydroxyl groups is 1. The van der Waals surface area contributed by atoms with Crippen LogP contribution in [0.1, 0.15) is 32.6 Å². The standard InChI is InChI=1S/C19H21NO2/c1-13-7-8-15(9-14(13)2)18(21)20-12-19(22)10-16-5-3-4-6-17(16)11-19/h3-9,22H,10-12H2,1-2H3,(H,20,21). The maximum absolute atomic E-state index is 12.3. The molecule has 3 rings (SSSR count). The number of benzene rings is 2. The van der Waals surface area contributed by atoms with E-state index in [0.717, 1.165) is 5.56 Å². The monoisotopic (exact) mass is 295 g/mol. The number of nitrogens with one attached hydrogen (secondary N) is 1. The van der Waals surface area contributed by atoms with Gasteiger partial charge in [-0.2, -0.15) is 0 Å². The Bertz CT molecular complexity index is 696. The lowest BCUT2D eigenvalue weighted by Crippen LogP contribution is -2.43. The lowest BCUT2D eigenvalue weighted by atomic mass is 10.00. The van der Waals surface area contributed by atoms with E-state index in [1.807, 2.05) is 56.3 Å². The SMILES string of the molecule is Cc1ccc(C(=O)NCC2(O)Cc3ccccc3C2)cc1C. The van der Waals surface area contributed by atoms with Crippen LogP contribution in [0.25, 0.3) is 0 Å². The molecule has 0 aromatic heterocycles. The number of fused-ring (bicyclic) bond motifs is 1. The van der Waals surface area contributed by atoms with Gasteiger partial charge in [0.05, 0.1) is 5.60 Å². The van der Waals surface area contributed by atoms with E-state index in [4.69, 9.17) is 0 Å². The number of amides is 1. The van der Waals surface area contributed by atoms with Crippen molar-refractivity contribution in [3.05, 3.63) is 70.3 Å². The number of aryl methyl sites for hydroxylation is 2. The second-order valence-corrected chi connectivity index (χ2v) is 6.33. The summed E-state index contributed by atoms with van der Waals surface area (Å²) in [6, 6.07) is 13.7. The summed E-state index contributed by atoms with van der Waals surface area (Å²) in [6.45, 7) is 4.29. The predicted octanol–water partition coefficient (Wildman–Crippen LogP) is 2.56. The first-order valence-electron chi connectivity index (χ1n) is 7.61. The molecule has 0 unspecified atom stereocenters. The maximum Gasteiger partial charge on any atom is 0.251 e. The molecule has 0 radical (unpaired) electrons. The summed E-state index contributed by atoms with van der Waals surface area (Å²) in [5.74, 6) is -0.132. The number of hydrogen-bond donors (Lipinski definition) is 2. The number of carbonyl (C=O) groups excluding carboxylic acids is 1. The molecule has 1 aliphatic rings.